The minimum absolute atomic E-state index is 0.351. The van der Waals surface area contributed by atoms with E-state index in [0.29, 0.717) is 12.1 Å². The molecule has 0 saturated carbocycles. The zero-order valence-electron chi connectivity index (χ0n) is 9.12. The van der Waals surface area contributed by atoms with Gasteiger partial charge in [-0.3, -0.25) is 4.21 Å². The predicted molar refractivity (Wildman–Crippen MR) is 60.0 cm³/mol. The summed E-state index contributed by atoms with van der Waals surface area (Å²) < 4.78 is 16.4. The molecule has 4 heteroatoms. The van der Waals surface area contributed by atoms with Gasteiger partial charge >= 0.3 is 0 Å². The van der Waals surface area contributed by atoms with Gasteiger partial charge in [0.2, 0.25) is 0 Å². The SMILES string of the molecule is CC(CS(C)=O)NC1CCCOCC1. The van der Waals surface area contributed by atoms with Crippen LogP contribution in [-0.2, 0) is 15.5 Å². The van der Waals surface area contributed by atoms with Crippen LogP contribution in [0.3, 0.4) is 0 Å². The topological polar surface area (TPSA) is 38.3 Å². The van der Waals surface area contributed by atoms with Crippen molar-refractivity contribution >= 4 is 10.8 Å². The number of hydrogen-bond donors (Lipinski definition) is 1. The Kier molecular flexibility index (Phi) is 5.67. The highest BCUT2D eigenvalue weighted by Gasteiger charge is 2.14. The first kappa shape index (κ1) is 12.1. The van der Waals surface area contributed by atoms with Gasteiger partial charge in [0.1, 0.15) is 0 Å². The minimum atomic E-state index is -0.698. The Morgan fingerprint density at radius 2 is 2.29 bits per heavy atom. The van der Waals surface area contributed by atoms with Crippen LogP contribution in [-0.4, -0.2) is 41.5 Å². The molecule has 3 nitrogen and oxygen atoms in total. The molecule has 1 N–H and O–H groups in total. The Morgan fingerprint density at radius 1 is 1.50 bits per heavy atom. The molecule has 3 unspecified atom stereocenters. The second kappa shape index (κ2) is 6.53. The largest absolute Gasteiger partial charge is 0.381 e. The van der Waals surface area contributed by atoms with E-state index in [2.05, 4.69) is 12.2 Å². The molecule has 0 radical (unpaired) electrons. The van der Waals surface area contributed by atoms with Crippen LogP contribution in [0.2, 0.25) is 0 Å². The summed E-state index contributed by atoms with van der Waals surface area (Å²) in [6.45, 7) is 3.86. The lowest BCUT2D eigenvalue weighted by Crippen LogP contribution is -2.39. The summed E-state index contributed by atoms with van der Waals surface area (Å²) in [6, 6.07) is 0.903. The zero-order chi connectivity index (χ0) is 10.4. The first-order chi connectivity index (χ1) is 6.68. The minimum Gasteiger partial charge on any atom is -0.381 e. The van der Waals surface area contributed by atoms with Crippen LogP contribution in [0.5, 0.6) is 0 Å². The monoisotopic (exact) mass is 219 g/mol. The molecule has 1 fully saturated rings. The fourth-order valence-electron chi connectivity index (χ4n) is 1.87. The highest BCUT2D eigenvalue weighted by molar-refractivity contribution is 7.84. The van der Waals surface area contributed by atoms with Crippen molar-refractivity contribution in [2.24, 2.45) is 0 Å². The van der Waals surface area contributed by atoms with Crippen molar-refractivity contribution in [1.82, 2.24) is 5.32 Å². The van der Waals surface area contributed by atoms with E-state index in [1.54, 1.807) is 6.26 Å². The summed E-state index contributed by atoms with van der Waals surface area (Å²) >= 11 is 0. The summed E-state index contributed by atoms with van der Waals surface area (Å²) in [5.74, 6) is 0.747. The lowest BCUT2D eigenvalue weighted by molar-refractivity contribution is 0.142. The maximum atomic E-state index is 11.0. The van der Waals surface area contributed by atoms with Crippen molar-refractivity contribution in [1.29, 1.82) is 0 Å². The molecule has 1 rings (SSSR count). The van der Waals surface area contributed by atoms with Crippen LogP contribution in [0, 0.1) is 0 Å². The van der Waals surface area contributed by atoms with Gasteiger partial charge in [0.15, 0.2) is 0 Å². The van der Waals surface area contributed by atoms with Crippen LogP contribution in [0.1, 0.15) is 26.2 Å². The first-order valence-electron chi connectivity index (χ1n) is 5.32. The van der Waals surface area contributed by atoms with Gasteiger partial charge in [-0.1, -0.05) is 0 Å². The molecule has 14 heavy (non-hydrogen) atoms. The van der Waals surface area contributed by atoms with E-state index in [9.17, 15) is 4.21 Å². The van der Waals surface area contributed by atoms with Gasteiger partial charge < -0.3 is 10.1 Å². The molecule has 0 bridgehead atoms. The van der Waals surface area contributed by atoms with E-state index in [-0.39, 0.29) is 0 Å². The third-order valence-electron chi connectivity index (χ3n) is 2.46. The third kappa shape index (κ3) is 5.08. The van der Waals surface area contributed by atoms with Crippen molar-refractivity contribution in [2.75, 3.05) is 25.2 Å². The van der Waals surface area contributed by atoms with Crippen LogP contribution >= 0.6 is 0 Å². The molecular weight excluding hydrogens is 198 g/mol. The Bertz CT molecular complexity index is 179. The molecule has 3 atom stereocenters. The molecule has 0 spiro atoms. The molecule has 0 amide bonds. The van der Waals surface area contributed by atoms with Gasteiger partial charge in [-0.25, -0.2) is 0 Å². The summed E-state index contributed by atoms with van der Waals surface area (Å²) in [5, 5.41) is 3.52. The number of hydrogen-bond acceptors (Lipinski definition) is 3. The van der Waals surface area contributed by atoms with Crippen molar-refractivity contribution in [3.05, 3.63) is 0 Å². The molecule has 0 aromatic carbocycles. The van der Waals surface area contributed by atoms with Gasteiger partial charge in [0.05, 0.1) is 0 Å². The van der Waals surface area contributed by atoms with Gasteiger partial charge in [0.25, 0.3) is 0 Å². The third-order valence-corrected chi connectivity index (χ3v) is 3.43. The Balaban J connectivity index is 2.23. The van der Waals surface area contributed by atoms with Crippen LogP contribution in [0.4, 0.5) is 0 Å². The van der Waals surface area contributed by atoms with E-state index < -0.39 is 10.8 Å². The van der Waals surface area contributed by atoms with Crippen molar-refractivity contribution < 1.29 is 8.95 Å². The number of nitrogens with one attached hydrogen (secondary N) is 1. The van der Waals surface area contributed by atoms with E-state index in [1.807, 2.05) is 0 Å². The standard InChI is InChI=1S/C10H21NO2S/c1-9(8-14(2)12)11-10-4-3-6-13-7-5-10/h9-11H,3-8H2,1-2H3. The van der Waals surface area contributed by atoms with E-state index >= 15 is 0 Å². The van der Waals surface area contributed by atoms with Gasteiger partial charge in [-0.15, -0.1) is 0 Å². The van der Waals surface area contributed by atoms with Crippen molar-refractivity contribution in [3.63, 3.8) is 0 Å². The van der Waals surface area contributed by atoms with E-state index in [4.69, 9.17) is 4.74 Å². The summed E-state index contributed by atoms with van der Waals surface area (Å²) in [5.41, 5.74) is 0. The zero-order valence-corrected chi connectivity index (χ0v) is 9.94. The normalized spacial score (nSPS) is 28.0. The second-order valence-corrected chi connectivity index (χ2v) is 5.53. The van der Waals surface area contributed by atoms with E-state index in [1.165, 1.54) is 6.42 Å². The molecule has 1 heterocycles. The van der Waals surface area contributed by atoms with Crippen LogP contribution < -0.4 is 5.32 Å². The van der Waals surface area contributed by atoms with Crippen LogP contribution in [0.25, 0.3) is 0 Å². The lowest BCUT2D eigenvalue weighted by atomic mass is 10.1. The molecular formula is C10H21NO2S. The van der Waals surface area contributed by atoms with Gasteiger partial charge in [-0.05, 0) is 26.2 Å². The van der Waals surface area contributed by atoms with Crippen molar-refractivity contribution in [3.8, 4) is 0 Å². The summed E-state index contributed by atoms with van der Waals surface area (Å²) in [6.07, 6.45) is 5.16. The average molecular weight is 219 g/mol. The molecule has 1 aliphatic rings. The number of ether oxygens (including phenoxy) is 1. The van der Waals surface area contributed by atoms with Crippen LogP contribution in [0.15, 0.2) is 0 Å². The van der Waals surface area contributed by atoms with Crippen molar-refractivity contribution in [2.45, 2.75) is 38.3 Å². The summed E-state index contributed by atoms with van der Waals surface area (Å²) in [4.78, 5) is 0. The highest BCUT2D eigenvalue weighted by atomic mass is 32.2. The maximum Gasteiger partial charge on any atom is 0.0480 e. The molecule has 84 valence electrons. The molecule has 1 aliphatic heterocycles. The fourth-order valence-corrected chi connectivity index (χ4v) is 2.67. The Hall–Kier alpha value is 0.0700. The highest BCUT2D eigenvalue weighted by Crippen LogP contribution is 2.08. The molecule has 0 aromatic rings. The molecule has 0 aliphatic carbocycles. The number of rotatable bonds is 4. The van der Waals surface area contributed by atoms with E-state index in [0.717, 1.165) is 31.8 Å². The molecule has 1 saturated heterocycles. The summed E-state index contributed by atoms with van der Waals surface area (Å²) in [7, 11) is -0.698. The Labute approximate surface area is 89.1 Å². The van der Waals surface area contributed by atoms with Gasteiger partial charge in [0, 0.05) is 48.1 Å². The predicted octanol–water partition coefficient (Wildman–Crippen LogP) is 0.912. The maximum absolute atomic E-state index is 11.0. The fraction of sp³-hybridized carbons (Fsp3) is 1.00. The first-order valence-corrected chi connectivity index (χ1v) is 7.05. The average Bonchev–Trinajstić information content (AvgIpc) is 2.31. The quantitative estimate of drug-likeness (QED) is 0.764. The second-order valence-electron chi connectivity index (χ2n) is 4.05. The smallest absolute Gasteiger partial charge is 0.0480 e. The molecule has 0 aromatic heterocycles. The lowest BCUT2D eigenvalue weighted by Gasteiger charge is -2.20. The van der Waals surface area contributed by atoms with Gasteiger partial charge in [-0.2, -0.15) is 0 Å². The Morgan fingerprint density at radius 3 is 3.00 bits per heavy atom.